The van der Waals surface area contributed by atoms with Crippen LogP contribution in [0.2, 0.25) is 0 Å². The second kappa shape index (κ2) is 12.8. The summed E-state index contributed by atoms with van der Waals surface area (Å²) in [6.45, 7) is 0. The maximum Gasteiger partial charge on any atom is 0.296 e. The minimum atomic E-state index is -4.84. The lowest BCUT2D eigenvalue weighted by molar-refractivity contribution is 0.466. The molecule has 0 spiro atoms. The van der Waals surface area contributed by atoms with Gasteiger partial charge in [0.1, 0.15) is 15.5 Å². The molecular formula is C29H28N6O6S2. The summed E-state index contributed by atoms with van der Waals surface area (Å²) in [6, 6.07) is 31.6. The van der Waals surface area contributed by atoms with E-state index in [1.165, 1.54) is 18.2 Å². The smallest absolute Gasteiger partial charge is 0.296 e. The summed E-state index contributed by atoms with van der Waals surface area (Å²) in [4.78, 5) is -1.73. The van der Waals surface area contributed by atoms with Crippen LogP contribution in [0.1, 0.15) is 11.1 Å². The number of nitrogens with two attached hydrogens (primary N) is 3. The van der Waals surface area contributed by atoms with Crippen molar-refractivity contribution in [2.24, 2.45) is 22.3 Å². The highest BCUT2D eigenvalue weighted by Gasteiger charge is 2.27. The number of rotatable bonds is 6. The summed E-state index contributed by atoms with van der Waals surface area (Å²) in [7, 11) is -9.64. The average Bonchev–Trinajstić information content (AvgIpc) is 2.99. The Labute approximate surface area is 249 Å². The summed E-state index contributed by atoms with van der Waals surface area (Å²) in [5.74, 6) is 0.543. The zero-order valence-corrected chi connectivity index (χ0v) is 24.1. The van der Waals surface area contributed by atoms with Crippen LogP contribution < -0.4 is 27.3 Å². The molecule has 5 rings (SSSR count). The zero-order valence-electron chi connectivity index (χ0n) is 22.5. The first-order valence-corrected chi connectivity index (χ1v) is 15.4. The van der Waals surface area contributed by atoms with E-state index in [9.17, 15) is 21.4 Å². The molecule has 1 aliphatic heterocycles. The van der Waals surface area contributed by atoms with E-state index >= 15 is 0 Å². The van der Waals surface area contributed by atoms with Gasteiger partial charge in [-0.05, 0) is 41.5 Å². The van der Waals surface area contributed by atoms with Gasteiger partial charge in [-0.15, -0.1) is 5.10 Å². The Hall–Kier alpha value is -5.15. The van der Waals surface area contributed by atoms with Gasteiger partial charge in [0, 0.05) is 0 Å². The van der Waals surface area contributed by atoms with Crippen LogP contribution in [0.25, 0.3) is 12.2 Å². The number of hydrogen-bond acceptors (Lipinski definition) is 10. The van der Waals surface area contributed by atoms with E-state index in [4.69, 9.17) is 21.8 Å². The number of hydrogen-bond donors (Lipinski definition) is 5. The molecule has 222 valence electrons. The summed E-state index contributed by atoms with van der Waals surface area (Å²) >= 11 is 0. The second-order valence-corrected chi connectivity index (χ2v) is 11.7. The van der Waals surface area contributed by atoms with Crippen molar-refractivity contribution < 1.29 is 25.9 Å². The Morgan fingerprint density at radius 3 is 1.70 bits per heavy atom. The molecule has 0 atom stereocenters. The summed E-state index contributed by atoms with van der Waals surface area (Å²) in [6.07, 6.45) is 2.89. The van der Waals surface area contributed by atoms with Gasteiger partial charge in [-0.3, -0.25) is 9.11 Å². The molecule has 4 aromatic rings. The SMILES string of the molecule is NC1=NN(c2ccccc2)N(c2ccccc2)C(N)=C1N.O=S(=O)(O)c1cccc(C=Cc2ccccc2)c1S(=O)(=O)O. The number of hydrazine groups is 1. The molecule has 43 heavy (non-hydrogen) atoms. The van der Waals surface area contributed by atoms with Crippen molar-refractivity contribution in [2.45, 2.75) is 9.79 Å². The van der Waals surface area contributed by atoms with Crippen LogP contribution in [-0.4, -0.2) is 31.8 Å². The van der Waals surface area contributed by atoms with Crippen LogP contribution in [0.4, 0.5) is 11.4 Å². The first-order chi connectivity index (χ1) is 20.4. The molecule has 14 heteroatoms. The Balaban J connectivity index is 0.000000197. The fraction of sp³-hybridized carbons (Fsp3) is 0. The van der Waals surface area contributed by atoms with Crippen molar-refractivity contribution in [3.05, 3.63) is 132 Å². The van der Waals surface area contributed by atoms with Crippen LogP contribution in [0, 0.1) is 0 Å². The summed E-state index contributed by atoms with van der Waals surface area (Å²) < 4.78 is 63.9. The van der Waals surface area contributed by atoms with Crippen molar-refractivity contribution in [3.63, 3.8) is 0 Å². The van der Waals surface area contributed by atoms with Crippen LogP contribution in [0.3, 0.4) is 0 Å². The van der Waals surface area contributed by atoms with Gasteiger partial charge < -0.3 is 17.2 Å². The third-order valence-electron chi connectivity index (χ3n) is 5.96. The zero-order chi connectivity index (χ0) is 31.2. The monoisotopic (exact) mass is 620 g/mol. The lowest BCUT2D eigenvalue weighted by Gasteiger charge is -2.37. The molecule has 0 saturated heterocycles. The predicted molar refractivity (Wildman–Crippen MR) is 166 cm³/mol. The van der Waals surface area contributed by atoms with Gasteiger partial charge in [-0.1, -0.05) is 91.0 Å². The van der Waals surface area contributed by atoms with Gasteiger partial charge in [-0.25, -0.2) is 5.01 Å². The number of nitrogens with zero attached hydrogens (tertiary/aromatic N) is 3. The highest BCUT2D eigenvalue weighted by Crippen LogP contribution is 2.28. The van der Waals surface area contributed by atoms with Crippen LogP contribution in [0.15, 0.2) is 136 Å². The topological polar surface area (TPSA) is 206 Å². The van der Waals surface area contributed by atoms with Crippen molar-refractivity contribution >= 4 is 49.6 Å². The molecule has 0 bridgehead atoms. The molecule has 0 saturated carbocycles. The van der Waals surface area contributed by atoms with Gasteiger partial charge >= 0.3 is 0 Å². The molecule has 0 radical (unpaired) electrons. The van der Waals surface area contributed by atoms with E-state index in [1.807, 2.05) is 60.7 Å². The Kier molecular flexibility index (Phi) is 9.16. The fourth-order valence-electron chi connectivity index (χ4n) is 3.99. The van der Waals surface area contributed by atoms with Gasteiger partial charge in [0.2, 0.25) is 0 Å². The lowest BCUT2D eigenvalue weighted by atomic mass is 10.1. The maximum atomic E-state index is 11.5. The van der Waals surface area contributed by atoms with Crippen molar-refractivity contribution in [3.8, 4) is 0 Å². The molecule has 1 heterocycles. The largest absolute Gasteiger partial charge is 0.393 e. The molecule has 1 aliphatic rings. The molecule has 0 aromatic heterocycles. The third-order valence-corrected chi connectivity index (χ3v) is 7.96. The molecule has 12 nitrogen and oxygen atoms in total. The van der Waals surface area contributed by atoms with E-state index in [0.717, 1.165) is 23.0 Å². The standard InChI is InChI=1S/C15H16N6.C14H12O6S2/c16-13-14(17)19-21(12-9-5-2-6-10-12)20(15(13)18)11-7-3-1-4-8-11;15-21(16,17)13-8-4-7-12(14(13)22(18,19)20)10-9-11-5-2-1-3-6-11/h1-10H,16,18H2,(H2,17,19);1-10H,(H,15,16,17)(H,18,19,20). The lowest BCUT2D eigenvalue weighted by Crippen LogP contribution is -2.49. The van der Waals surface area contributed by atoms with Crippen LogP contribution in [-0.2, 0) is 20.2 Å². The molecular weight excluding hydrogens is 592 g/mol. The van der Waals surface area contributed by atoms with Crippen molar-refractivity contribution in [2.75, 3.05) is 10.1 Å². The number of anilines is 2. The average molecular weight is 621 g/mol. The van der Waals surface area contributed by atoms with E-state index < -0.39 is 30.0 Å². The van der Waals surface area contributed by atoms with Crippen LogP contribution in [0.5, 0.6) is 0 Å². The van der Waals surface area contributed by atoms with E-state index in [1.54, 1.807) is 46.5 Å². The second-order valence-electron chi connectivity index (χ2n) is 8.93. The number of hydrazone groups is 1. The minimum Gasteiger partial charge on any atom is -0.393 e. The summed E-state index contributed by atoms with van der Waals surface area (Å²) in [5.41, 5.74) is 20.6. The van der Waals surface area contributed by atoms with Crippen LogP contribution >= 0.6 is 0 Å². The van der Waals surface area contributed by atoms with Gasteiger partial charge in [-0.2, -0.15) is 22.0 Å². The van der Waals surface area contributed by atoms with E-state index in [0.29, 0.717) is 5.82 Å². The highest BCUT2D eigenvalue weighted by atomic mass is 32.2. The predicted octanol–water partition coefficient (Wildman–Crippen LogP) is 3.64. The van der Waals surface area contributed by atoms with Crippen molar-refractivity contribution in [1.29, 1.82) is 0 Å². The Morgan fingerprint density at radius 1 is 0.628 bits per heavy atom. The van der Waals surface area contributed by atoms with Crippen molar-refractivity contribution in [1.82, 2.24) is 0 Å². The molecule has 0 unspecified atom stereocenters. The van der Waals surface area contributed by atoms with Gasteiger partial charge in [0.05, 0.1) is 11.4 Å². The quantitative estimate of drug-likeness (QED) is 0.155. The Morgan fingerprint density at radius 2 is 1.16 bits per heavy atom. The van der Waals surface area contributed by atoms with E-state index in [-0.39, 0.29) is 17.1 Å². The number of amidine groups is 1. The number of para-hydroxylation sites is 2. The number of benzene rings is 4. The highest BCUT2D eigenvalue weighted by molar-refractivity contribution is 7.89. The molecule has 8 N–H and O–H groups in total. The fourth-order valence-corrected chi connectivity index (χ4v) is 5.98. The van der Waals surface area contributed by atoms with Gasteiger partial charge in [0.25, 0.3) is 20.2 Å². The normalized spacial score (nSPS) is 13.9. The Bertz CT molecular complexity index is 1900. The third kappa shape index (κ3) is 7.38. The summed E-state index contributed by atoms with van der Waals surface area (Å²) in [5, 5.41) is 7.69. The molecule has 0 fully saturated rings. The molecule has 4 aromatic carbocycles. The first kappa shape index (κ1) is 30.8. The minimum absolute atomic E-state index is 0.0542. The first-order valence-electron chi connectivity index (χ1n) is 12.5. The maximum absolute atomic E-state index is 11.5. The van der Waals surface area contributed by atoms with Gasteiger partial charge in [0.15, 0.2) is 11.7 Å². The molecule has 0 amide bonds. The molecule has 0 aliphatic carbocycles. The van der Waals surface area contributed by atoms with E-state index in [2.05, 4.69) is 5.10 Å².